The second-order valence-corrected chi connectivity index (χ2v) is 5.13. The number of nitrogens with zero attached hydrogens (tertiary/aromatic N) is 2. The van der Waals surface area contributed by atoms with Crippen molar-refractivity contribution in [2.24, 2.45) is 5.73 Å². The van der Waals surface area contributed by atoms with Crippen LogP contribution in [0.2, 0.25) is 0 Å². The zero-order valence-corrected chi connectivity index (χ0v) is 12.7. The van der Waals surface area contributed by atoms with Crippen molar-refractivity contribution in [1.29, 1.82) is 0 Å². The summed E-state index contributed by atoms with van der Waals surface area (Å²) in [6.45, 7) is 5.82. The molecule has 1 aromatic heterocycles. The van der Waals surface area contributed by atoms with Crippen LogP contribution in [0.3, 0.4) is 0 Å². The first-order valence-corrected chi connectivity index (χ1v) is 7.28. The Morgan fingerprint density at radius 1 is 1.10 bits per heavy atom. The van der Waals surface area contributed by atoms with E-state index in [0.29, 0.717) is 25.8 Å². The van der Waals surface area contributed by atoms with E-state index in [1.807, 2.05) is 35.1 Å². The van der Waals surface area contributed by atoms with Crippen LogP contribution in [0.25, 0.3) is 0 Å². The first-order valence-electron chi connectivity index (χ1n) is 7.28. The van der Waals surface area contributed by atoms with Crippen molar-refractivity contribution in [3.8, 4) is 11.5 Å². The molecule has 0 amide bonds. The molecule has 5 nitrogen and oxygen atoms in total. The second kappa shape index (κ2) is 7.69. The lowest BCUT2D eigenvalue weighted by molar-refractivity contribution is 0.217. The van der Waals surface area contributed by atoms with Crippen LogP contribution in [0.5, 0.6) is 11.5 Å². The fourth-order valence-electron chi connectivity index (χ4n) is 1.92. The lowest BCUT2D eigenvalue weighted by Crippen LogP contribution is -2.09. The van der Waals surface area contributed by atoms with Crippen LogP contribution >= 0.6 is 0 Å². The van der Waals surface area contributed by atoms with Crippen LogP contribution in [0, 0.1) is 0 Å². The summed E-state index contributed by atoms with van der Waals surface area (Å²) in [6, 6.07) is 8.33. The smallest absolute Gasteiger partial charge is 0.157 e. The summed E-state index contributed by atoms with van der Waals surface area (Å²) in [4.78, 5) is 0. The molecule has 2 aromatic rings. The van der Waals surface area contributed by atoms with Gasteiger partial charge in [-0.15, -0.1) is 0 Å². The highest BCUT2D eigenvalue weighted by atomic mass is 16.5. The maximum absolute atomic E-state index is 5.63. The van der Waals surface area contributed by atoms with Crippen LogP contribution in [0.15, 0.2) is 36.7 Å². The first-order chi connectivity index (χ1) is 10.2. The molecule has 2 N–H and O–H groups in total. The van der Waals surface area contributed by atoms with Crippen LogP contribution in [0.4, 0.5) is 0 Å². The van der Waals surface area contributed by atoms with Gasteiger partial charge in [0.1, 0.15) is 19.0 Å². The molecule has 0 fully saturated rings. The minimum atomic E-state index is 0.339. The van der Waals surface area contributed by atoms with E-state index in [1.54, 1.807) is 6.20 Å². The summed E-state index contributed by atoms with van der Waals surface area (Å²) in [5, 5.41) is 4.22. The maximum Gasteiger partial charge on any atom is 0.157 e. The first kappa shape index (κ1) is 15.4. The van der Waals surface area contributed by atoms with Crippen molar-refractivity contribution in [3.63, 3.8) is 0 Å². The molecule has 1 aromatic carbocycles. The Morgan fingerprint density at radius 2 is 1.76 bits per heavy atom. The van der Waals surface area contributed by atoms with Crippen LogP contribution in [-0.4, -0.2) is 29.5 Å². The SMILES string of the molecule is CC(C)n1cc(OCCOc2ccc(CCN)cc2)cn1. The molecule has 0 bridgehead atoms. The van der Waals surface area contributed by atoms with Crippen LogP contribution in [0.1, 0.15) is 25.5 Å². The molecule has 0 saturated carbocycles. The van der Waals surface area contributed by atoms with E-state index in [1.165, 1.54) is 5.56 Å². The van der Waals surface area contributed by atoms with Gasteiger partial charge in [-0.3, -0.25) is 4.68 Å². The standard InChI is InChI=1S/C16H23N3O2/c1-13(2)19-12-16(11-18-19)21-10-9-20-15-5-3-14(4-6-15)7-8-17/h3-6,11-13H,7-10,17H2,1-2H3. The normalized spacial score (nSPS) is 10.9. The number of hydrogen-bond acceptors (Lipinski definition) is 4. The predicted molar refractivity (Wildman–Crippen MR) is 82.8 cm³/mol. The summed E-state index contributed by atoms with van der Waals surface area (Å²) in [6.07, 6.45) is 4.51. The Balaban J connectivity index is 1.71. The lowest BCUT2D eigenvalue weighted by Gasteiger charge is -2.08. The Hall–Kier alpha value is -2.01. The third-order valence-corrected chi connectivity index (χ3v) is 3.08. The van der Waals surface area contributed by atoms with Gasteiger partial charge >= 0.3 is 0 Å². The minimum absolute atomic E-state index is 0.339. The molecule has 1 heterocycles. The highest BCUT2D eigenvalue weighted by Crippen LogP contribution is 2.14. The van der Waals surface area contributed by atoms with Crippen molar-refractivity contribution >= 4 is 0 Å². The summed E-state index contributed by atoms with van der Waals surface area (Å²) < 4.78 is 13.1. The van der Waals surface area contributed by atoms with Crippen molar-refractivity contribution in [3.05, 3.63) is 42.2 Å². The summed E-state index contributed by atoms with van der Waals surface area (Å²) in [5.74, 6) is 1.61. The Morgan fingerprint density at radius 3 is 2.33 bits per heavy atom. The summed E-state index contributed by atoms with van der Waals surface area (Å²) in [5.41, 5.74) is 6.74. The van der Waals surface area contributed by atoms with Crippen LogP contribution < -0.4 is 15.2 Å². The number of hydrogen-bond donors (Lipinski definition) is 1. The van der Waals surface area contributed by atoms with Crippen LogP contribution in [-0.2, 0) is 6.42 Å². The van der Waals surface area contributed by atoms with Gasteiger partial charge in [0.2, 0.25) is 0 Å². The number of rotatable bonds is 8. The molecule has 0 saturated heterocycles. The van der Waals surface area contributed by atoms with E-state index < -0.39 is 0 Å². The molecular formula is C16H23N3O2. The summed E-state index contributed by atoms with van der Waals surface area (Å²) in [7, 11) is 0. The molecule has 5 heteroatoms. The van der Waals surface area contributed by atoms with Gasteiger partial charge in [-0.05, 0) is 44.5 Å². The van der Waals surface area contributed by atoms with Crippen molar-refractivity contribution in [2.45, 2.75) is 26.3 Å². The molecule has 0 atom stereocenters. The van der Waals surface area contributed by atoms with Gasteiger partial charge in [-0.25, -0.2) is 0 Å². The van der Waals surface area contributed by atoms with Crippen molar-refractivity contribution < 1.29 is 9.47 Å². The average molecular weight is 289 g/mol. The van der Waals surface area contributed by atoms with Gasteiger partial charge in [0.05, 0.1) is 12.4 Å². The molecular weight excluding hydrogens is 266 g/mol. The topological polar surface area (TPSA) is 62.3 Å². The van der Waals surface area contributed by atoms with Gasteiger partial charge in [-0.1, -0.05) is 12.1 Å². The van der Waals surface area contributed by atoms with Gasteiger partial charge < -0.3 is 15.2 Å². The quantitative estimate of drug-likeness (QED) is 0.758. The van der Waals surface area contributed by atoms with E-state index in [9.17, 15) is 0 Å². The third-order valence-electron chi connectivity index (χ3n) is 3.08. The molecule has 21 heavy (non-hydrogen) atoms. The zero-order valence-electron chi connectivity index (χ0n) is 12.7. The highest BCUT2D eigenvalue weighted by Gasteiger charge is 2.02. The molecule has 0 aliphatic rings. The van der Waals surface area contributed by atoms with Gasteiger partial charge in [0.25, 0.3) is 0 Å². The lowest BCUT2D eigenvalue weighted by atomic mass is 10.1. The average Bonchev–Trinajstić information content (AvgIpc) is 2.95. The van der Waals surface area contributed by atoms with Gasteiger partial charge in [0, 0.05) is 6.04 Å². The van der Waals surface area contributed by atoms with E-state index in [0.717, 1.165) is 17.9 Å². The highest BCUT2D eigenvalue weighted by molar-refractivity contribution is 5.27. The van der Waals surface area contributed by atoms with Gasteiger partial charge in [-0.2, -0.15) is 5.10 Å². The maximum atomic E-state index is 5.63. The zero-order chi connectivity index (χ0) is 15.1. The van der Waals surface area contributed by atoms with Gasteiger partial charge in [0.15, 0.2) is 5.75 Å². The minimum Gasteiger partial charge on any atom is -0.490 e. The third kappa shape index (κ3) is 4.79. The van der Waals surface area contributed by atoms with E-state index in [4.69, 9.17) is 15.2 Å². The molecule has 0 spiro atoms. The molecule has 0 aliphatic heterocycles. The fourth-order valence-corrected chi connectivity index (χ4v) is 1.92. The summed E-state index contributed by atoms with van der Waals surface area (Å²) >= 11 is 0. The Kier molecular flexibility index (Phi) is 5.63. The number of benzene rings is 1. The predicted octanol–water partition coefficient (Wildman–Crippen LogP) is 2.42. The Labute approximate surface area is 125 Å². The number of nitrogens with two attached hydrogens (primary N) is 1. The Bertz CT molecular complexity index is 535. The molecule has 2 rings (SSSR count). The fraction of sp³-hybridized carbons (Fsp3) is 0.438. The number of aromatic nitrogens is 2. The molecule has 0 radical (unpaired) electrons. The van der Waals surface area contributed by atoms with E-state index in [-0.39, 0.29) is 0 Å². The van der Waals surface area contributed by atoms with E-state index >= 15 is 0 Å². The molecule has 114 valence electrons. The molecule has 0 unspecified atom stereocenters. The monoisotopic (exact) mass is 289 g/mol. The molecule has 0 aliphatic carbocycles. The van der Waals surface area contributed by atoms with E-state index in [2.05, 4.69) is 18.9 Å². The number of ether oxygens (including phenoxy) is 2. The largest absolute Gasteiger partial charge is 0.490 e. The van der Waals surface area contributed by atoms with Crippen molar-refractivity contribution in [1.82, 2.24) is 9.78 Å². The second-order valence-electron chi connectivity index (χ2n) is 5.13. The van der Waals surface area contributed by atoms with Crippen molar-refractivity contribution in [2.75, 3.05) is 19.8 Å².